The molecule has 84 valence electrons. The first-order valence-electron chi connectivity index (χ1n) is 5.74. The average Bonchev–Trinajstić information content (AvgIpc) is 2.73. The lowest BCUT2D eigenvalue weighted by Gasteiger charge is -2.10. The van der Waals surface area contributed by atoms with Gasteiger partial charge in [-0.25, -0.2) is 0 Å². The topological polar surface area (TPSA) is 12.0 Å². The molecule has 1 N–H and O–H groups in total. The first-order valence-corrected chi connectivity index (χ1v) is 6.72. The van der Waals surface area contributed by atoms with Crippen molar-refractivity contribution in [3.63, 3.8) is 0 Å². The number of hydrogen-bond donors (Lipinski definition) is 1. The van der Waals surface area contributed by atoms with E-state index >= 15 is 0 Å². The molecule has 0 bridgehead atoms. The van der Waals surface area contributed by atoms with Crippen LogP contribution < -0.4 is 5.32 Å². The summed E-state index contributed by atoms with van der Waals surface area (Å²) in [5.41, 5.74) is 1.52. The summed E-state index contributed by atoms with van der Waals surface area (Å²) in [6.07, 6.45) is 0.956. The van der Waals surface area contributed by atoms with E-state index in [1.807, 2.05) is 18.7 Å². The molecule has 1 atom stereocenters. The molecule has 1 aromatic rings. The average molecular weight is 231 g/mol. The second-order valence-electron chi connectivity index (χ2n) is 3.93. The number of benzene rings is 1. The van der Waals surface area contributed by atoms with Gasteiger partial charge in [-0.2, -0.15) is 0 Å². The van der Waals surface area contributed by atoms with Crippen molar-refractivity contribution >= 4 is 11.8 Å². The van der Waals surface area contributed by atoms with Gasteiger partial charge in [-0.1, -0.05) is 18.2 Å². The predicted molar refractivity (Wildman–Crippen MR) is 70.8 cm³/mol. The Balaban J connectivity index is 1.81. The molecule has 2 heteroatoms. The zero-order valence-corrected chi connectivity index (χ0v) is 10.4. The van der Waals surface area contributed by atoms with Crippen LogP contribution in [0.25, 0.3) is 0 Å². The van der Waals surface area contributed by atoms with Crippen LogP contribution in [0.2, 0.25) is 0 Å². The second kappa shape index (κ2) is 5.98. The van der Waals surface area contributed by atoms with Crippen molar-refractivity contribution in [3.8, 4) is 11.8 Å². The van der Waals surface area contributed by atoms with Gasteiger partial charge in [0.2, 0.25) is 0 Å². The van der Waals surface area contributed by atoms with Gasteiger partial charge in [0, 0.05) is 36.1 Å². The normalized spacial score (nSPS) is 17.7. The van der Waals surface area contributed by atoms with Gasteiger partial charge >= 0.3 is 0 Å². The molecule has 0 spiro atoms. The monoisotopic (exact) mass is 231 g/mol. The third-order valence-corrected chi connectivity index (χ3v) is 4.04. The summed E-state index contributed by atoms with van der Waals surface area (Å²) in [5, 5.41) is 3.49. The molecule has 1 heterocycles. The lowest BCUT2D eigenvalue weighted by atomic mass is 10.0. The SMILES string of the molecule is CC#CCCNCC1CSc2ccccc21. The summed E-state index contributed by atoms with van der Waals surface area (Å²) in [4.78, 5) is 1.46. The van der Waals surface area contributed by atoms with Crippen molar-refractivity contribution in [2.45, 2.75) is 24.2 Å². The molecule has 16 heavy (non-hydrogen) atoms. The van der Waals surface area contributed by atoms with Gasteiger partial charge in [0.15, 0.2) is 0 Å². The van der Waals surface area contributed by atoms with Gasteiger partial charge in [-0.3, -0.25) is 0 Å². The highest BCUT2D eigenvalue weighted by Gasteiger charge is 2.21. The molecule has 2 rings (SSSR count). The highest BCUT2D eigenvalue weighted by Crippen LogP contribution is 2.38. The van der Waals surface area contributed by atoms with E-state index in [1.165, 1.54) is 16.2 Å². The number of hydrogen-bond acceptors (Lipinski definition) is 2. The van der Waals surface area contributed by atoms with Crippen molar-refractivity contribution in [1.82, 2.24) is 5.32 Å². The Hall–Kier alpha value is -0.910. The van der Waals surface area contributed by atoms with Crippen LogP contribution in [0.5, 0.6) is 0 Å². The molecule has 0 saturated carbocycles. The summed E-state index contributed by atoms with van der Waals surface area (Å²) >= 11 is 1.98. The van der Waals surface area contributed by atoms with E-state index in [2.05, 4.69) is 41.4 Å². The van der Waals surface area contributed by atoms with Crippen LogP contribution in [0.4, 0.5) is 0 Å². The summed E-state index contributed by atoms with van der Waals surface area (Å²) in [6.45, 7) is 3.98. The molecule has 0 aliphatic carbocycles. The molecular formula is C14H17NS. The molecular weight excluding hydrogens is 214 g/mol. The molecule has 0 radical (unpaired) electrons. The van der Waals surface area contributed by atoms with Crippen LogP contribution in [0.15, 0.2) is 29.2 Å². The van der Waals surface area contributed by atoms with E-state index in [1.54, 1.807) is 0 Å². The Morgan fingerprint density at radius 3 is 3.19 bits per heavy atom. The van der Waals surface area contributed by atoms with Crippen molar-refractivity contribution < 1.29 is 0 Å². The van der Waals surface area contributed by atoms with Crippen LogP contribution in [0.1, 0.15) is 24.8 Å². The Labute approximate surface area is 102 Å². The van der Waals surface area contributed by atoms with Gasteiger partial charge in [-0.05, 0) is 18.6 Å². The fraction of sp³-hybridized carbons (Fsp3) is 0.429. The van der Waals surface area contributed by atoms with Gasteiger partial charge in [-0.15, -0.1) is 23.6 Å². The van der Waals surface area contributed by atoms with E-state index in [4.69, 9.17) is 0 Å². The Kier molecular flexibility index (Phi) is 4.33. The van der Waals surface area contributed by atoms with Crippen molar-refractivity contribution in [2.75, 3.05) is 18.8 Å². The number of fused-ring (bicyclic) bond motifs is 1. The minimum absolute atomic E-state index is 0.677. The smallest absolute Gasteiger partial charge is 0.0214 e. The fourth-order valence-electron chi connectivity index (χ4n) is 1.95. The molecule has 1 nitrogen and oxygen atoms in total. The molecule has 1 aliphatic heterocycles. The quantitative estimate of drug-likeness (QED) is 0.631. The number of rotatable bonds is 4. The second-order valence-corrected chi connectivity index (χ2v) is 4.99. The molecule has 1 aromatic carbocycles. The summed E-state index contributed by atoms with van der Waals surface area (Å²) < 4.78 is 0. The van der Waals surface area contributed by atoms with E-state index in [-0.39, 0.29) is 0 Å². The van der Waals surface area contributed by atoms with Crippen LogP contribution in [-0.2, 0) is 0 Å². The molecule has 0 amide bonds. The maximum atomic E-state index is 3.49. The van der Waals surface area contributed by atoms with Gasteiger partial charge in [0.25, 0.3) is 0 Å². The Morgan fingerprint density at radius 2 is 2.31 bits per heavy atom. The lowest BCUT2D eigenvalue weighted by molar-refractivity contribution is 0.629. The van der Waals surface area contributed by atoms with E-state index in [9.17, 15) is 0 Å². The van der Waals surface area contributed by atoms with Gasteiger partial charge < -0.3 is 5.32 Å². The zero-order valence-electron chi connectivity index (χ0n) is 9.62. The standard InChI is InChI=1S/C14H17NS/c1-2-3-6-9-15-10-12-11-16-14-8-5-4-7-13(12)14/h4-5,7-8,12,15H,6,9-11H2,1H3. The highest BCUT2D eigenvalue weighted by molar-refractivity contribution is 7.99. The third kappa shape index (κ3) is 2.81. The van der Waals surface area contributed by atoms with E-state index in [0.29, 0.717) is 5.92 Å². The highest BCUT2D eigenvalue weighted by atomic mass is 32.2. The zero-order chi connectivity index (χ0) is 11.2. The number of nitrogens with one attached hydrogen (secondary N) is 1. The molecule has 1 aliphatic rings. The summed E-state index contributed by atoms with van der Waals surface area (Å²) in [5.74, 6) is 7.88. The van der Waals surface area contributed by atoms with E-state index < -0.39 is 0 Å². The number of thioether (sulfide) groups is 1. The maximum Gasteiger partial charge on any atom is 0.0214 e. The lowest BCUT2D eigenvalue weighted by Crippen LogP contribution is -2.22. The maximum absolute atomic E-state index is 3.49. The predicted octanol–water partition coefficient (Wildman–Crippen LogP) is 2.88. The summed E-state index contributed by atoms with van der Waals surface area (Å²) in [6, 6.07) is 8.74. The van der Waals surface area contributed by atoms with Gasteiger partial charge in [0.1, 0.15) is 0 Å². The van der Waals surface area contributed by atoms with Crippen LogP contribution in [0.3, 0.4) is 0 Å². The third-order valence-electron chi connectivity index (χ3n) is 2.79. The first-order chi connectivity index (χ1) is 7.92. The minimum Gasteiger partial charge on any atom is -0.315 e. The Morgan fingerprint density at radius 1 is 1.44 bits per heavy atom. The molecule has 0 saturated heterocycles. The van der Waals surface area contributed by atoms with Crippen molar-refractivity contribution in [3.05, 3.63) is 29.8 Å². The Bertz CT molecular complexity index is 403. The van der Waals surface area contributed by atoms with Crippen molar-refractivity contribution in [2.24, 2.45) is 0 Å². The van der Waals surface area contributed by atoms with Crippen LogP contribution in [-0.4, -0.2) is 18.8 Å². The fourth-order valence-corrected chi connectivity index (χ4v) is 3.20. The first kappa shape index (κ1) is 11.6. The largest absolute Gasteiger partial charge is 0.315 e. The van der Waals surface area contributed by atoms with Crippen LogP contribution >= 0.6 is 11.8 Å². The molecule has 0 fully saturated rings. The minimum atomic E-state index is 0.677. The van der Waals surface area contributed by atoms with Crippen LogP contribution in [0, 0.1) is 11.8 Å². The van der Waals surface area contributed by atoms with Crippen molar-refractivity contribution in [1.29, 1.82) is 0 Å². The summed E-state index contributed by atoms with van der Waals surface area (Å²) in [7, 11) is 0. The molecule has 1 unspecified atom stereocenters. The van der Waals surface area contributed by atoms with E-state index in [0.717, 1.165) is 19.5 Å². The molecule has 0 aromatic heterocycles. The van der Waals surface area contributed by atoms with Gasteiger partial charge in [0.05, 0.1) is 0 Å².